The number of aliphatic carboxylic acids is 1. The maximum Gasteiger partial charge on any atom is 0.328 e. The molecular weight excluding hydrogens is 246 g/mol. The van der Waals surface area contributed by atoms with Crippen molar-refractivity contribution in [1.29, 1.82) is 0 Å². The minimum atomic E-state index is -1.39. The summed E-state index contributed by atoms with van der Waals surface area (Å²) in [5.74, 6) is -1.97. The Labute approximate surface area is 103 Å². The number of carboxylic acid groups (broad SMARTS) is 1. The summed E-state index contributed by atoms with van der Waals surface area (Å²) in [4.78, 5) is 32.2. The van der Waals surface area contributed by atoms with E-state index in [-0.39, 0.29) is 19.8 Å². The van der Waals surface area contributed by atoms with Crippen LogP contribution in [-0.4, -0.2) is 60.0 Å². The Kier molecular flexibility index (Phi) is 7.40. The second kappa shape index (κ2) is 8.25. The minimum absolute atomic E-state index is 0.0583. The number of primary amides is 1. The number of amides is 3. The molecule has 0 aliphatic carbocycles. The third kappa shape index (κ3) is 7.41. The van der Waals surface area contributed by atoms with E-state index in [1.54, 1.807) is 0 Å². The molecule has 0 aromatic heterocycles. The molecule has 0 aromatic carbocycles. The smallest absolute Gasteiger partial charge is 0.328 e. The SMILES string of the molecule is CC(O)C(NC(=O)NCCOCC(N)=O)C(=O)O. The number of carbonyl (C=O) groups excluding carboxylic acids is 2. The summed E-state index contributed by atoms with van der Waals surface area (Å²) in [6.45, 7) is 1.12. The van der Waals surface area contributed by atoms with Crippen LogP contribution in [0.25, 0.3) is 0 Å². The third-order valence-electron chi connectivity index (χ3n) is 1.81. The average molecular weight is 263 g/mol. The highest BCUT2D eigenvalue weighted by molar-refractivity contribution is 5.82. The molecule has 0 saturated heterocycles. The summed E-state index contributed by atoms with van der Waals surface area (Å²) in [5.41, 5.74) is 4.81. The number of hydrogen-bond donors (Lipinski definition) is 5. The van der Waals surface area contributed by atoms with Crippen molar-refractivity contribution in [3.63, 3.8) is 0 Å². The molecule has 0 fully saturated rings. The maximum atomic E-state index is 11.2. The zero-order valence-corrected chi connectivity index (χ0v) is 9.88. The lowest BCUT2D eigenvalue weighted by atomic mass is 10.2. The monoisotopic (exact) mass is 263 g/mol. The van der Waals surface area contributed by atoms with Crippen molar-refractivity contribution in [2.24, 2.45) is 5.73 Å². The highest BCUT2D eigenvalue weighted by atomic mass is 16.5. The number of urea groups is 1. The van der Waals surface area contributed by atoms with Gasteiger partial charge in [-0.2, -0.15) is 0 Å². The van der Waals surface area contributed by atoms with E-state index in [9.17, 15) is 14.4 Å². The molecule has 18 heavy (non-hydrogen) atoms. The number of hydrogen-bond acceptors (Lipinski definition) is 5. The van der Waals surface area contributed by atoms with Crippen molar-refractivity contribution in [3.05, 3.63) is 0 Å². The number of ether oxygens (including phenoxy) is 1. The first-order valence-corrected chi connectivity index (χ1v) is 5.16. The standard InChI is InChI=1S/C9H17N3O6/c1-5(13)7(8(15)16)12-9(17)11-2-3-18-4-6(10)14/h5,7,13H,2-4H2,1H3,(H2,10,14)(H,15,16)(H2,11,12,17). The fraction of sp³-hybridized carbons (Fsp3) is 0.667. The first kappa shape index (κ1) is 16.1. The van der Waals surface area contributed by atoms with Crippen molar-refractivity contribution in [2.45, 2.75) is 19.1 Å². The highest BCUT2D eigenvalue weighted by Gasteiger charge is 2.24. The quantitative estimate of drug-likeness (QED) is 0.308. The van der Waals surface area contributed by atoms with Crippen LogP contribution in [0.4, 0.5) is 4.79 Å². The van der Waals surface area contributed by atoms with E-state index >= 15 is 0 Å². The number of nitrogens with one attached hydrogen (secondary N) is 2. The second-order valence-corrected chi connectivity index (χ2v) is 3.48. The van der Waals surface area contributed by atoms with Crippen LogP contribution in [0.1, 0.15) is 6.92 Å². The van der Waals surface area contributed by atoms with Crippen molar-refractivity contribution in [2.75, 3.05) is 19.8 Å². The van der Waals surface area contributed by atoms with Crippen LogP contribution in [-0.2, 0) is 14.3 Å². The predicted octanol–water partition coefficient (Wildman–Crippen LogP) is -2.38. The van der Waals surface area contributed by atoms with Gasteiger partial charge in [0.15, 0.2) is 6.04 Å². The summed E-state index contributed by atoms with van der Waals surface area (Å²) in [7, 11) is 0. The van der Waals surface area contributed by atoms with Gasteiger partial charge in [0.05, 0.1) is 12.7 Å². The van der Waals surface area contributed by atoms with Gasteiger partial charge in [0, 0.05) is 6.54 Å². The van der Waals surface area contributed by atoms with E-state index in [4.69, 9.17) is 20.7 Å². The molecule has 3 amide bonds. The number of aliphatic hydroxyl groups is 1. The molecular formula is C9H17N3O6. The van der Waals surface area contributed by atoms with Crippen LogP contribution in [0, 0.1) is 0 Å². The van der Waals surface area contributed by atoms with Crippen molar-refractivity contribution in [1.82, 2.24) is 10.6 Å². The van der Waals surface area contributed by atoms with Gasteiger partial charge in [-0.25, -0.2) is 9.59 Å². The number of nitrogens with two attached hydrogens (primary N) is 1. The van der Waals surface area contributed by atoms with Crippen LogP contribution in [0.3, 0.4) is 0 Å². The predicted molar refractivity (Wildman–Crippen MR) is 59.7 cm³/mol. The van der Waals surface area contributed by atoms with E-state index in [1.807, 2.05) is 0 Å². The van der Waals surface area contributed by atoms with Crippen molar-refractivity contribution >= 4 is 17.9 Å². The molecule has 0 saturated carbocycles. The Morgan fingerprint density at radius 1 is 1.39 bits per heavy atom. The first-order chi connectivity index (χ1) is 8.34. The van der Waals surface area contributed by atoms with Gasteiger partial charge >= 0.3 is 12.0 Å². The molecule has 0 heterocycles. The molecule has 0 radical (unpaired) electrons. The Balaban J connectivity index is 3.82. The van der Waals surface area contributed by atoms with Crippen molar-refractivity contribution in [3.8, 4) is 0 Å². The molecule has 2 unspecified atom stereocenters. The number of carboxylic acids is 1. The summed E-state index contributed by atoms with van der Waals surface area (Å²) in [5, 5.41) is 22.2. The van der Waals surface area contributed by atoms with E-state index in [1.165, 1.54) is 6.92 Å². The van der Waals surface area contributed by atoms with E-state index in [2.05, 4.69) is 10.6 Å². The van der Waals surface area contributed by atoms with Crippen LogP contribution < -0.4 is 16.4 Å². The van der Waals surface area contributed by atoms with Crippen LogP contribution >= 0.6 is 0 Å². The summed E-state index contributed by atoms with van der Waals surface area (Å²) in [6.07, 6.45) is -1.22. The van der Waals surface area contributed by atoms with E-state index < -0.39 is 30.1 Å². The van der Waals surface area contributed by atoms with Crippen LogP contribution in [0.5, 0.6) is 0 Å². The van der Waals surface area contributed by atoms with Gasteiger partial charge in [-0.3, -0.25) is 4.79 Å². The molecule has 9 heteroatoms. The summed E-state index contributed by atoms with van der Waals surface area (Å²) in [6, 6.07) is -2.15. The highest BCUT2D eigenvalue weighted by Crippen LogP contribution is 1.92. The van der Waals surface area contributed by atoms with Crippen molar-refractivity contribution < 1.29 is 29.3 Å². The lowest BCUT2D eigenvalue weighted by Crippen LogP contribution is -2.51. The van der Waals surface area contributed by atoms with Crippen LogP contribution in [0.2, 0.25) is 0 Å². The second-order valence-electron chi connectivity index (χ2n) is 3.48. The molecule has 0 rings (SSSR count). The largest absolute Gasteiger partial charge is 0.480 e. The molecule has 9 nitrogen and oxygen atoms in total. The Bertz CT molecular complexity index is 307. The van der Waals surface area contributed by atoms with E-state index in [0.717, 1.165) is 0 Å². The number of carbonyl (C=O) groups is 3. The van der Waals surface area contributed by atoms with Crippen LogP contribution in [0.15, 0.2) is 0 Å². The molecule has 0 aliphatic rings. The summed E-state index contributed by atoms with van der Waals surface area (Å²) >= 11 is 0. The molecule has 0 aromatic rings. The maximum absolute atomic E-state index is 11.2. The fourth-order valence-corrected chi connectivity index (χ4v) is 0.990. The lowest BCUT2D eigenvalue weighted by Gasteiger charge is -2.17. The Morgan fingerprint density at radius 2 is 2.00 bits per heavy atom. The third-order valence-corrected chi connectivity index (χ3v) is 1.81. The van der Waals surface area contributed by atoms with Gasteiger partial charge in [-0.15, -0.1) is 0 Å². The van der Waals surface area contributed by atoms with E-state index in [0.29, 0.717) is 0 Å². The fourth-order valence-electron chi connectivity index (χ4n) is 0.990. The topological polar surface area (TPSA) is 151 Å². The summed E-state index contributed by atoms with van der Waals surface area (Å²) < 4.78 is 4.76. The van der Waals surface area contributed by atoms with Gasteiger partial charge in [0.2, 0.25) is 5.91 Å². The zero-order chi connectivity index (χ0) is 14.1. The molecule has 0 bridgehead atoms. The Hall–Kier alpha value is -1.87. The zero-order valence-electron chi connectivity index (χ0n) is 9.88. The van der Waals surface area contributed by atoms with Gasteiger partial charge in [-0.05, 0) is 6.92 Å². The Morgan fingerprint density at radius 3 is 2.44 bits per heavy atom. The normalized spacial score (nSPS) is 13.4. The lowest BCUT2D eigenvalue weighted by molar-refractivity contribution is -0.141. The van der Waals surface area contributed by atoms with Gasteiger partial charge < -0.3 is 31.3 Å². The number of aliphatic hydroxyl groups excluding tert-OH is 1. The minimum Gasteiger partial charge on any atom is -0.480 e. The molecule has 2 atom stereocenters. The average Bonchev–Trinajstić information content (AvgIpc) is 2.24. The number of rotatable bonds is 8. The van der Waals surface area contributed by atoms with Gasteiger partial charge in [-0.1, -0.05) is 0 Å². The molecule has 104 valence electrons. The first-order valence-electron chi connectivity index (χ1n) is 5.16. The van der Waals surface area contributed by atoms with Gasteiger partial charge in [0.25, 0.3) is 0 Å². The molecule has 6 N–H and O–H groups in total. The molecule has 0 spiro atoms. The molecule has 0 aliphatic heterocycles. The van der Waals surface area contributed by atoms with Gasteiger partial charge in [0.1, 0.15) is 6.61 Å².